The fraction of sp³-hybridized carbons (Fsp3) is 0.471. The largest absolute Gasteiger partial charge is 0.370 e. The number of piperidine rings is 1. The van der Waals surface area contributed by atoms with Crippen LogP contribution in [0.2, 0.25) is 0 Å². The predicted octanol–water partition coefficient (Wildman–Crippen LogP) is -0.149. The van der Waals surface area contributed by atoms with Gasteiger partial charge in [0.1, 0.15) is 0 Å². The van der Waals surface area contributed by atoms with Crippen LogP contribution >= 0.6 is 0 Å². The molecule has 1 fully saturated rings. The first-order valence-corrected chi connectivity index (χ1v) is 8.42. The molecular weight excluding hydrogens is 320 g/mol. The van der Waals surface area contributed by atoms with Crippen LogP contribution in [-0.2, 0) is 9.59 Å². The molecule has 136 valence electrons. The van der Waals surface area contributed by atoms with Gasteiger partial charge in [-0.05, 0) is 30.9 Å². The molecule has 2 amide bonds. The van der Waals surface area contributed by atoms with E-state index in [1.165, 1.54) is 4.90 Å². The van der Waals surface area contributed by atoms with Gasteiger partial charge in [-0.3, -0.25) is 19.9 Å². The topological polar surface area (TPSA) is 129 Å². The monoisotopic (exact) mass is 346 g/mol. The van der Waals surface area contributed by atoms with Crippen LogP contribution in [0.25, 0.3) is 0 Å². The van der Waals surface area contributed by atoms with Gasteiger partial charge in [-0.1, -0.05) is 12.2 Å². The number of amides is 2. The summed E-state index contributed by atoms with van der Waals surface area (Å²) in [5.41, 5.74) is 11.4. The summed E-state index contributed by atoms with van der Waals surface area (Å²) in [6.45, 7) is 1.94. The minimum absolute atomic E-state index is 0.0619. The van der Waals surface area contributed by atoms with Crippen molar-refractivity contribution in [2.45, 2.75) is 25.3 Å². The van der Waals surface area contributed by atoms with Gasteiger partial charge in [0.15, 0.2) is 5.96 Å². The van der Waals surface area contributed by atoms with Gasteiger partial charge in [-0.25, -0.2) is 0 Å². The van der Waals surface area contributed by atoms with E-state index in [4.69, 9.17) is 16.9 Å². The van der Waals surface area contributed by atoms with Crippen LogP contribution in [0, 0.1) is 11.3 Å². The number of likely N-dealkylation sites (tertiary alicyclic amines) is 1. The normalized spacial score (nSPS) is 20.9. The van der Waals surface area contributed by atoms with Gasteiger partial charge in [-0.2, -0.15) is 0 Å². The minimum atomic E-state index is -0.896. The highest BCUT2D eigenvalue weighted by atomic mass is 16.2. The van der Waals surface area contributed by atoms with Crippen molar-refractivity contribution in [2.75, 3.05) is 19.6 Å². The molecule has 2 rings (SSSR count). The Morgan fingerprint density at radius 1 is 1.24 bits per heavy atom. The maximum absolute atomic E-state index is 12.3. The predicted molar refractivity (Wildman–Crippen MR) is 96.1 cm³/mol. The summed E-state index contributed by atoms with van der Waals surface area (Å²) >= 11 is 0. The van der Waals surface area contributed by atoms with Gasteiger partial charge in [-0.15, -0.1) is 0 Å². The SMILES string of the molecule is N=C(N)N1CCC[C@@H](CNC(=O)C[C@H](N)C(=O)N2C=CC=CC=C2)C1. The number of nitrogens with one attached hydrogen (secondary N) is 2. The molecule has 0 radical (unpaired) electrons. The first kappa shape index (κ1) is 18.7. The number of guanidine groups is 1. The third-order valence-electron chi connectivity index (χ3n) is 4.25. The van der Waals surface area contributed by atoms with Crippen molar-refractivity contribution >= 4 is 17.8 Å². The summed E-state index contributed by atoms with van der Waals surface area (Å²) in [6.07, 6.45) is 12.1. The van der Waals surface area contributed by atoms with E-state index in [1.807, 2.05) is 4.90 Å². The van der Waals surface area contributed by atoms with Crippen LogP contribution in [-0.4, -0.2) is 53.2 Å². The Hall–Kier alpha value is -2.61. The summed E-state index contributed by atoms with van der Waals surface area (Å²) in [5, 5.41) is 10.3. The number of carbonyl (C=O) groups is 2. The maximum atomic E-state index is 12.3. The van der Waals surface area contributed by atoms with Crippen LogP contribution in [0.15, 0.2) is 36.7 Å². The van der Waals surface area contributed by atoms with Gasteiger partial charge in [0.05, 0.1) is 12.5 Å². The lowest BCUT2D eigenvalue weighted by Crippen LogP contribution is -2.47. The van der Waals surface area contributed by atoms with E-state index >= 15 is 0 Å². The number of nitrogens with zero attached hydrogens (tertiary/aromatic N) is 2. The molecule has 2 aliphatic rings. The molecule has 0 saturated carbocycles. The Labute approximate surface area is 147 Å². The van der Waals surface area contributed by atoms with Gasteiger partial charge in [0, 0.05) is 32.0 Å². The van der Waals surface area contributed by atoms with Crippen LogP contribution in [0.3, 0.4) is 0 Å². The molecule has 0 aromatic carbocycles. The van der Waals surface area contributed by atoms with Crippen molar-refractivity contribution in [2.24, 2.45) is 17.4 Å². The van der Waals surface area contributed by atoms with E-state index in [0.29, 0.717) is 13.1 Å². The third-order valence-corrected chi connectivity index (χ3v) is 4.25. The summed E-state index contributed by atoms with van der Waals surface area (Å²) in [6, 6.07) is -0.896. The highest BCUT2D eigenvalue weighted by Crippen LogP contribution is 2.15. The van der Waals surface area contributed by atoms with Crippen molar-refractivity contribution in [1.82, 2.24) is 15.1 Å². The summed E-state index contributed by atoms with van der Waals surface area (Å²) in [7, 11) is 0. The zero-order valence-corrected chi connectivity index (χ0v) is 14.2. The second-order valence-corrected chi connectivity index (χ2v) is 6.27. The van der Waals surface area contributed by atoms with Crippen molar-refractivity contribution < 1.29 is 9.59 Å². The van der Waals surface area contributed by atoms with Crippen molar-refractivity contribution in [3.05, 3.63) is 36.7 Å². The number of allylic oxidation sites excluding steroid dienone is 4. The van der Waals surface area contributed by atoms with Gasteiger partial charge in [0.25, 0.3) is 0 Å². The van der Waals surface area contributed by atoms with Crippen LogP contribution in [0.1, 0.15) is 19.3 Å². The smallest absolute Gasteiger partial charge is 0.247 e. The molecule has 0 aliphatic carbocycles. The van der Waals surface area contributed by atoms with Crippen LogP contribution in [0.4, 0.5) is 0 Å². The standard InChI is InChI=1S/C17H26N6O2/c18-14(16(25)22-7-3-1-2-4-8-22)10-15(24)21-11-13-6-5-9-23(12-13)17(19)20/h1-4,7-8,13-14H,5-6,9-12,18H2,(H3,19,20)(H,21,24)/t13-,14-/m0/s1. The van der Waals surface area contributed by atoms with Crippen LogP contribution in [0.5, 0.6) is 0 Å². The van der Waals surface area contributed by atoms with Gasteiger partial charge in [0.2, 0.25) is 11.8 Å². The Morgan fingerprint density at radius 3 is 2.56 bits per heavy atom. The Kier molecular flexibility index (Phi) is 6.76. The van der Waals surface area contributed by atoms with E-state index in [-0.39, 0.29) is 30.1 Å². The first-order chi connectivity index (χ1) is 12.0. The Bertz CT molecular complexity index is 582. The number of rotatable bonds is 5. The molecule has 25 heavy (non-hydrogen) atoms. The summed E-state index contributed by atoms with van der Waals surface area (Å²) in [4.78, 5) is 27.5. The average molecular weight is 346 g/mol. The highest BCUT2D eigenvalue weighted by molar-refractivity contribution is 5.89. The molecule has 1 saturated heterocycles. The fourth-order valence-electron chi connectivity index (χ4n) is 2.87. The summed E-state index contributed by atoms with van der Waals surface area (Å²) in [5.74, 6) is -0.263. The zero-order chi connectivity index (χ0) is 18.2. The van der Waals surface area contributed by atoms with Gasteiger partial charge < -0.3 is 21.7 Å². The number of hydrogen-bond donors (Lipinski definition) is 4. The minimum Gasteiger partial charge on any atom is -0.370 e. The molecule has 2 heterocycles. The molecule has 0 bridgehead atoms. The lowest BCUT2D eigenvalue weighted by atomic mass is 9.98. The molecule has 6 N–H and O–H groups in total. The first-order valence-electron chi connectivity index (χ1n) is 8.42. The van der Waals surface area contributed by atoms with E-state index in [0.717, 1.165) is 19.4 Å². The van der Waals surface area contributed by atoms with E-state index in [2.05, 4.69) is 5.32 Å². The van der Waals surface area contributed by atoms with E-state index < -0.39 is 6.04 Å². The third kappa shape index (κ3) is 5.75. The molecule has 0 aromatic rings. The average Bonchev–Trinajstić information content (AvgIpc) is 2.88. The summed E-state index contributed by atoms with van der Waals surface area (Å²) < 4.78 is 0. The molecule has 0 aromatic heterocycles. The molecule has 0 spiro atoms. The molecule has 0 unspecified atom stereocenters. The van der Waals surface area contributed by atoms with Crippen molar-refractivity contribution in [3.63, 3.8) is 0 Å². The second kappa shape index (κ2) is 9.03. The van der Waals surface area contributed by atoms with Crippen molar-refractivity contribution in [1.29, 1.82) is 5.41 Å². The van der Waals surface area contributed by atoms with E-state index in [9.17, 15) is 9.59 Å². The zero-order valence-electron chi connectivity index (χ0n) is 14.2. The number of hydrogen-bond acceptors (Lipinski definition) is 4. The number of carbonyl (C=O) groups excluding carboxylic acids is 2. The molecule has 2 atom stereocenters. The highest BCUT2D eigenvalue weighted by Gasteiger charge is 2.23. The lowest BCUT2D eigenvalue weighted by molar-refractivity contribution is -0.131. The molecule has 8 heteroatoms. The quantitative estimate of drug-likeness (QED) is 0.406. The van der Waals surface area contributed by atoms with Crippen molar-refractivity contribution in [3.8, 4) is 0 Å². The lowest BCUT2D eigenvalue weighted by Gasteiger charge is -2.33. The van der Waals surface area contributed by atoms with Gasteiger partial charge >= 0.3 is 0 Å². The van der Waals surface area contributed by atoms with Crippen LogP contribution < -0.4 is 16.8 Å². The Morgan fingerprint density at radius 2 is 1.92 bits per heavy atom. The maximum Gasteiger partial charge on any atom is 0.247 e. The molecule has 2 aliphatic heterocycles. The second-order valence-electron chi connectivity index (χ2n) is 6.27. The molecular formula is C17H26N6O2. The fourth-order valence-corrected chi connectivity index (χ4v) is 2.87. The van der Waals surface area contributed by atoms with E-state index in [1.54, 1.807) is 36.7 Å². The number of nitrogens with two attached hydrogens (primary N) is 2. The molecule has 8 nitrogen and oxygen atoms in total. The Balaban J connectivity index is 1.75.